The van der Waals surface area contributed by atoms with Crippen LogP contribution in [0.3, 0.4) is 0 Å². The van der Waals surface area contributed by atoms with E-state index in [1.807, 2.05) is 47.4 Å². The van der Waals surface area contributed by atoms with Crippen LogP contribution >= 0.6 is 0 Å². The van der Waals surface area contributed by atoms with Crippen molar-refractivity contribution in [2.75, 3.05) is 26.7 Å². The van der Waals surface area contributed by atoms with Gasteiger partial charge in [-0.15, -0.1) is 0 Å². The molecule has 1 amide bonds. The molecule has 0 fully saturated rings. The molecular weight excluding hydrogens is 378 g/mol. The minimum atomic E-state index is -0.394. The first-order chi connectivity index (χ1) is 14.5. The maximum Gasteiger partial charge on any atom is 0.230 e. The number of carbonyl (C=O) groups is 1. The van der Waals surface area contributed by atoms with Crippen molar-refractivity contribution < 1.29 is 9.90 Å². The van der Waals surface area contributed by atoms with Gasteiger partial charge in [0, 0.05) is 25.9 Å². The van der Waals surface area contributed by atoms with Crippen LogP contribution in [-0.2, 0) is 4.79 Å². The van der Waals surface area contributed by atoms with Crippen LogP contribution in [0.25, 0.3) is 0 Å². The third-order valence-corrected chi connectivity index (χ3v) is 6.24. The molecule has 2 aliphatic rings. The van der Waals surface area contributed by atoms with Crippen molar-refractivity contribution in [3.63, 3.8) is 0 Å². The topological polar surface area (TPSA) is 108 Å². The Morgan fingerprint density at radius 2 is 1.83 bits per heavy atom. The summed E-state index contributed by atoms with van der Waals surface area (Å²) in [5.41, 5.74) is 14.0. The van der Waals surface area contributed by atoms with E-state index < -0.39 is 6.17 Å². The van der Waals surface area contributed by atoms with Gasteiger partial charge in [-0.1, -0.05) is 54.6 Å². The summed E-state index contributed by atoms with van der Waals surface area (Å²) < 4.78 is 0. The Bertz CT molecular complexity index is 928. The first kappa shape index (κ1) is 20.6. The third-order valence-electron chi connectivity index (χ3n) is 6.24. The number of hydrogen-bond donors (Lipinski definition) is 4. The van der Waals surface area contributed by atoms with Crippen LogP contribution in [0.4, 0.5) is 0 Å². The molecule has 2 aromatic rings. The van der Waals surface area contributed by atoms with Gasteiger partial charge in [0.05, 0.1) is 24.7 Å². The molecule has 30 heavy (non-hydrogen) atoms. The number of aliphatic hydroxyl groups is 1. The second kappa shape index (κ2) is 8.57. The number of nitrogens with two attached hydrogens (primary N) is 2. The molecule has 0 saturated carbocycles. The number of rotatable bonds is 7. The lowest BCUT2D eigenvalue weighted by Gasteiger charge is -2.41. The first-order valence-electron chi connectivity index (χ1n) is 10.3. The summed E-state index contributed by atoms with van der Waals surface area (Å²) >= 11 is 0. The molecule has 0 bridgehead atoms. The molecule has 0 aromatic heterocycles. The third kappa shape index (κ3) is 3.61. The highest BCUT2D eigenvalue weighted by molar-refractivity contribution is 5.85. The van der Waals surface area contributed by atoms with Crippen LogP contribution in [0.15, 0.2) is 65.9 Å². The molecule has 0 spiro atoms. The lowest BCUT2D eigenvalue weighted by atomic mass is 9.89. The summed E-state index contributed by atoms with van der Waals surface area (Å²) in [5, 5.41) is 9.51. The lowest BCUT2D eigenvalue weighted by molar-refractivity contribution is -0.132. The second-order valence-corrected chi connectivity index (χ2v) is 7.97. The van der Waals surface area contributed by atoms with Gasteiger partial charge in [0.2, 0.25) is 5.91 Å². The molecule has 3 atom stereocenters. The van der Waals surface area contributed by atoms with Gasteiger partial charge in [0.15, 0.2) is 0 Å². The molecule has 3 unspecified atom stereocenters. The van der Waals surface area contributed by atoms with Gasteiger partial charge in [0.1, 0.15) is 0 Å². The summed E-state index contributed by atoms with van der Waals surface area (Å²) in [4.78, 5) is 17.4. The maximum atomic E-state index is 13.3. The fourth-order valence-corrected chi connectivity index (χ4v) is 4.57. The summed E-state index contributed by atoms with van der Waals surface area (Å²) in [5.74, 6) is 5.18. The first-order valence-corrected chi connectivity index (χ1v) is 10.3. The van der Waals surface area contributed by atoms with Crippen LogP contribution in [0, 0.1) is 0 Å². The average molecular weight is 408 g/mol. The largest absolute Gasteiger partial charge is 0.396 e. The van der Waals surface area contributed by atoms with E-state index >= 15 is 0 Å². The Morgan fingerprint density at radius 3 is 2.47 bits per heavy atom. The maximum absolute atomic E-state index is 13.3. The Hall–Kier alpha value is -2.71. The van der Waals surface area contributed by atoms with Crippen molar-refractivity contribution in [1.29, 1.82) is 0 Å². The number of nitrogens with one attached hydrogen (secondary N) is 1. The van der Waals surface area contributed by atoms with Crippen molar-refractivity contribution >= 4 is 5.91 Å². The number of amides is 1. The zero-order valence-electron chi connectivity index (χ0n) is 17.2. The highest BCUT2D eigenvalue weighted by atomic mass is 16.3. The van der Waals surface area contributed by atoms with E-state index in [1.165, 1.54) is 16.8 Å². The molecule has 0 aliphatic carbocycles. The van der Waals surface area contributed by atoms with Crippen molar-refractivity contribution in [3.05, 3.63) is 82.6 Å². The van der Waals surface area contributed by atoms with Crippen molar-refractivity contribution in [2.45, 2.75) is 24.5 Å². The smallest absolute Gasteiger partial charge is 0.230 e. The van der Waals surface area contributed by atoms with E-state index in [1.54, 1.807) is 0 Å². The SMILES string of the molecule is CN1C2=C(CN(C(=O)C(CCO)c3ccccc3)C2)C1c1ccc(C(N)NN)cc1. The van der Waals surface area contributed by atoms with Gasteiger partial charge < -0.3 is 20.6 Å². The minimum absolute atomic E-state index is 0.0129. The zero-order chi connectivity index (χ0) is 21.3. The minimum Gasteiger partial charge on any atom is -0.396 e. The van der Waals surface area contributed by atoms with E-state index in [9.17, 15) is 9.90 Å². The number of likely N-dealkylation sites (N-methyl/N-ethyl adjacent to an activating group) is 1. The van der Waals surface area contributed by atoms with Gasteiger partial charge in [-0.25, -0.2) is 5.43 Å². The standard InChI is InChI=1S/C23H29N5O2/c1-27-20-14-28(23(30)18(11-12-29)15-5-3-2-4-6-15)13-19(20)21(27)16-7-9-17(10-8-16)22(24)26-25/h2-10,18,21-22,26,29H,11-14,24-25H2,1H3. The average Bonchev–Trinajstić information content (AvgIpc) is 3.17. The Morgan fingerprint density at radius 1 is 1.13 bits per heavy atom. The molecule has 4 rings (SSSR count). The predicted molar refractivity (Wildman–Crippen MR) is 116 cm³/mol. The monoisotopic (exact) mass is 407 g/mol. The second-order valence-electron chi connectivity index (χ2n) is 7.97. The van der Waals surface area contributed by atoms with Gasteiger partial charge in [-0.05, 0) is 28.7 Å². The molecule has 0 saturated heterocycles. The highest BCUT2D eigenvalue weighted by Gasteiger charge is 2.43. The number of nitrogens with zero attached hydrogens (tertiary/aromatic N) is 2. The number of hydrogen-bond acceptors (Lipinski definition) is 6. The molecule has 6 N–H and O–H groups in total. The molecule has 0 radical (unpaired) electrons. The molecule has 158 valence electrons. The number of benzene rings is 2. The molecule has 7 nitrogen and oxygen atoms in total. The van der Waals surface area contributed by atoms with E-state index in [2.05, 4.69) is 29.5 Å². The van der Waals surface area contributed by atoms with Crippen molar-refractivity contribution in [1.82, 2.24) is 15.2 Å². The van der Waals surface area contributed by atoms with E-state index in [0.29, 0.717) is 19.5 Å². The predicted octanol–water partition coefficient (Wildman–Crippen LogP) is 1.36. The van der Waals surface area contributed by atoms with Crippen molar-refractivity contribution in [2.24, 2.45) is 11.6 Å². The van der Waals surface area contributed by atoms with Crippen LogP contribution in [0.2, 0.25) is 0 Å². The van der Waals surface area contributed by atoms with Gasteiger partial charge in [-0.3, -0.25) is 10.6 Å². The quantitative estimate of drug-likeness (QED) is 0.314. The summed E-state index contributed by atoms with van der Waals surface area (Å²) in [6.45, 7) is 1.24. The molecule has 7 heteroatoms. The summed E-state index contributed by atoms with van der Waals surface area (Å²) in [6.07, 6.45) is 0.0363. The van der Waals surface area contributed by atoms with E-state index in [4.69, 9.17) is 11.6 Å². The van der Waals surface area contributed by atoms with E-state index in [0.717, 1.165) is 11.1 Å². The van der Waals surface area contributed by atoms with Crippen LogP contribution in [-0.4, -0.2) is 47.6 Å². The molecule has 2 heterocycles. The molecule has 2 aliphatic heterocycles. The van der Waals surface area contributed by atoms with Gasteiger partial charge >= 0.3 is 0 Å². The van der Waals surface area contributed by atoms with Crippen LogP contribution in [0.5, 0.6) is 0 Å². The van der Waals surface area contributed by atoms with Crippen LogP contribution < -0.4 is 17.0 Å². The van der Waals surface area contributed by atoms with Gasteiger partial charge in [-0.2, -0.15) is 0 Å². The van der Waals surface area contributed by atoms with Gasteiger partial charge in [0.25, 0.3) is 0 Å². The van der Waals surface area contributed by atoms with Crippen LogP contribution in [0.1, 0.15) is 41.2 Å². The lowest BCUT2D eigenvalue weighted by Crippen LogP contribution is -2.36. The number of carbonyl (C=O) groups excluding carboxylic acids is 1. The van der Waals surface area contributed by atoms with E-state index in [-0.39, 0.29) is 24.5 Å². The fourth-order valence-electron chi connectivity index (χ4n) is 4.57. The Balaban J connectivity index is 1.48. The number of aliphatic hydroxyl groups excluding tert-OH is 1. The Labute approximate surface area is 176 Å². The summed E-state index contributed by atoms with van der Waals surface area (Å²) in [6, 6.07) is 18.0. The number of hydrazine groups is 1. The molecule has 2 aromatic carbocycles. The molecular formula is C23H29N5O2. The zero-order valence-corrected chi connectivity index (χ0v) is 17.2. The Kier molecular flexibility index (Phi) is 5.87. The normalized spacial score (nSPS) is 20.1. The highest BCUT2D eigenvalue weighted by Crippen LogP contribution is 2.46. The fraction of sp³-hybridized carbons (Fsp3) is 0.348. The summed E-state index contributed by atoms with van der Waals surface area (Å²) in [7, 11) is 2.07. The van der Waals surface area contributed by atoms with Crippen molar-refractivity contribution in [3.8, 4) is 0 Å².